The monoisotopic (exact) mass is 366 g/mol. The van der Waals surface area contributed by atoms with Gasteiger partial charge in [-0.2, -0.15) is 0 Å². The summed E-state index contributed by atoms with van der Waals surface area (Å²) in [7, 11) is 0. The number of aromatic nitrogens is 3. The number of Topliss-reactive ketones (excluding diaryl/α,β-unsaturated/α-hetero) is 1. The molecule has 0 aliphatic rings. The van der Waals surface area contributed by atoms with Crippen LogP contribution in [-0.4, -0.2) is 20.7 Å². The Morgan fingerprint density at radius 3 is 2.35 bits per heavy atom. The maximum absolute atomic E-state index is 11.4. The molecule has 2 aromatic heterocycles. The fourth-order valence-corrected chi connectivity index (χ4v) is 3.51. The van der Waals surface area contributed by atoms with E-state index in [1.54, 1.807) is 36.6 Å². The van der Waals surface area contributed by atoms with Gasteiger partial charge in [-0.1, -0.05) is 20.8 Å². The van der Waals surface area contributed by atoms with E-state index in [2.05, 4.69) is 36.1 Å². The summed E-state index contributed by atoms with van der Waals surface area (Å²) in [4.78, 5) is 26.1. The number of nitrogens with one attached hydrogen (secondary N) is 1. The number of carbonyl (C=O) groups is 1. The van der Waals surface area contributed by atoms with Crippen molar-refractivity contribution in [3.63, 3.8) is 0 Å². The zero-order chi connectivity index (χ0) is 18.9. The third kappa shape index (κ3) is 3.96. The Hall–Kier alpha value is -2.60. The predicted octanol–water partition coefficient (Wildman–Crippen LogP) is 5.15. The fraction of sp³-hybridized carbons (Fsp3) is 0.300. The molecule has 0 spiro atoms. The Morgan fingerprint density at radius 1 is 1.08 bits per heavy atom. The number of benzene rings is 1. The topological polar surface area (TPSA) is 67.8 Å². The first kappa shape index (κ1) is 18.2. The minimum absolute atomic E-state index is 0.0141. The highest BCUT2D eigenvalue weighted by Gasteiger charge is 2.21. The molecule has 0 saturated carbocycles. The Morgan fingerprint density at radius 2 is 1.77 bits per heavy atom. The average molecular weight is 366 g/mol. The van der Waals surface area contributed by atoms with Crippen molar-refractivity contribution in [2.45, 2.75) is 40.0 Å². The molecule has 0 unspecified atom stereocenters. The maximum Gasteiger partial charge on any atom is 0.227 e. The van der Waals surface area contributed by atoms with Crippen molar-refractivity contribution in [2.75, 3.05) is 5.32 Å². The number of ketones is 1. The SMILES string of the molecule is CC(=O)c1ccc(Nc2nccc(-c3sc(C(C)(C)C)nc3C)n2)cc1. The van der Waals surface area contributed by atoms with E-state index < -0.39 is 0 Å². The van der Waals surface area contributed by atoms with Crippen LogP contribution < -0.4 is 5.32 Å². The zero-order valence-electron chi connectivity index (χ0n) is 15.6. The largest absolute Gasteiger partial charge is 0.324 e. The van der Waals surface area contributed by atoms with Gasteiger partial charge in [0.1, 0.15) is 0 Å². The van der Waals surface area contributed by atoms with Crippen LogP contribution in [0.25, 0.3) is 10.6 Å². The van der Waals surface area contributed by atoms with Crippen LogP contribution in [0.15, 0.2) is 36.5 Å². The number of hydrogen-bond acceptors (Lipinski definition) is 6. The maximum atomic E-state index is 11.4. The highest BCUT2D eigenvalue weighted by atomic mass is 32.1. The van der Waals surface area contributed by atoms with Gasteiger partial charge in [-0.3, -0.25) is 4.79 Å². The molecule has 2 heterocycles. The first-order valence-corrected chi connectivity index (χ1v) is 9.25. The molecule has 0 saturated heterocycles. The first-order valence-electron chi connectivity index (χ1n) is 8.43. The van der Waals surface area contributed by atoms with Crippen LogP contribution in [0.4, 0.5) is 11.6 Å². The van der Waals surface area contributed by atoms with Crippen molar-refractivity contribution >= 4 is 28.8 Å². The van der Waals surface area contributed by atoms with E-state index in [1.807, 2.05) is 25.1 Å². The van der Waals surface area contributed by atoms with Crippen LogP contribution in [0.3, 0.4) is 0 Å². The third-order valence-corrected chi connectivity index (χ3v) is 5.48. The molecular formula is C20H22N4OS. The molecule has 0 atom stereocenters. The van der Waals surface area contributed by atoms with Gasteiger partial charge in [-0.25, -0.2) is 15.0 Å². The molecule has 3 aromatic rings. The second-order valence-electron chi connectivity index (χ2n) is 7.21. The van der Waals surface area contributed by atoms with Gasteiger partial charge < -0.3 is 5.32 Å². The minimum Gasteiger partial charge on any atom is -0.324 e. The van der Waals surface area contributed by atoms with Crippen LogP contribution in [0, 0.1) is 6.92 Å². The van der Waals surface area contributed by atoms with Crippen LogP contribution in [0.1, 0.15) is 48.8 Å². The number of thiazole rings is 1. The van der Waals surface area contributed by atoms with Gasteiger partial charge >= 0.3 is 0 Å². The lowest BCUT2D eigenvalue weighted by Gasteiger charge is -2.13. The average Bonchev–Trinajstić information content (AvgIpc) is 2.98. The van der Waals surface area contributed by atoms with Gasteiger partial charge in [-0.05, 0) is 44.2 Å². The molecule has 1 aromatic carbocycles. The van der Waals surface area contributed by atoms with Gasteiger partial charge in [0.25, 0.3) is 0 Å². The summed E-state index contributed by atoms with van der Waals surface area (Å²) in [5, 5.41) is 4.28. The molecule has 0 aliphatic carbocycles. The number of hydrogen-bond donors (Lipinski definition) is 1. The van der Waals surface area contributed by atoms with Gasteiger partial charge in [-0.15, -0.1) is 11.3 Å². The lowest BCUT2D eigenvalue weighted by atomic mass is 9.98. The number of nitrogens with zero attached hydrogens (tertiary/aromatic N) is 3. The lowest BCUT2D eigenvalue weighted by Crippen LogP contribution is -2.10. The normalized spacial score (nSPS) is 11.4. The lowest BCUT2D eigenvalue weighted by molar-refractivity contribution is 0.101. The summed E-state index contributed by atoms with van der Waals surface area (Å²) in [6, 6.07) is 9.18. The first-order chi connectivity index (χ1) is 12.2. The van der Waals surface area contributed by atoms with Crippen molar-refractivity contribution in [1.82, 2.24) is 15.0 Å². The molecule has 5 nitrogen and oxygen atoms in total. The van der Waals surface area contributed by atoms with E-state index in [0.29, 0.717) is 11.5 Å². The van der Waals surface area contributed by atoms with Crippen LogP contribution >= 0.6 is 11.3 Å². The second-order valence-corrected chi connectivity index (χ2v) is 8.21. The van der Waals surface area contributed by atoms with Crippen molar-refractivity contribution < 1.29 is 4.79 Å². The van der Waals surface area contributed by atoms with Gasteiger partial charge in [0, 0.05) is 22.9 Å². The van der Waals surface area contributed by atoms with E-state index in [4.69, 9.17) is 4.98 Å². The Balaban J connectivity index is 1.87. The number of aryl methyl sites for hydroxylation is 1. The minimum atomic E-state index is 0.0141. The van der Waals surface area contributed by atoms with Crippen LogP contribution in [0.2, 0.25) is 0 Å². The van der Waals surface area contributed by atoms with Crippen molar-refractivity contribution in [3.05, 3.63) is 52.8 Å². The molecule has 0 amide bonds. The van der Waals surface area contributed by atoms with E-state index in [0.717, 1.165) is 27.0 Å². The predicted molar refractivity (Wildman–Crippen MR) is 106 cm³/mol. The Kier molecular flexibility index (Phi) is 4.87. The third-order valence-electron chi connectivity index (χ3n) is 3.87. The molecule has 6 heteroatoms. The van der Waals surface area contributed by atoms with E-state index >= 15 is 0 Å². The molecule has 0 aliphatic heterocycles. The summed E-state index contributed by atoms with van der Waals surface area (Å²) in [6.07, 6.45) is 1.74. The van der Waals surface area contributed by atoms with E-state index in [9.17, 15) is 4.79 Å². The summed E-state index contributed by atoms with van der Waals surface area (Å²) in [6.45, 7) is 10.0. The highest BCUT2D eigenvalue weighted by molar-refractivity contribution is 7.15. The molecule has 26 heavy (non-hydrogen) atoms. The summed E-state index contributed by atoms with van der Waals surface area (Å²) in [5.41, 5.74) is 3.37. The van der Waals surface area contributed by atoms with Crippen molar-refractivity contribution in [2.24, 2.45) is 0 Å². The number of rotatable bonds is 4. The fourth-order valence-electron chi connectivity index (χ4n) is 2.42. The summed E-state index contributed by atoms with van der Waals surface area (Å²) in [5.74, 6) is 0.563. The van der Waals surface area contributed by atoms with Gasteiger partial charge in [0.2, 0.25) is 5.95 Å². The molecule has 0 bridgehead atoms. The van der Waals surface area contributed by atoms with Crippen molar-refractivity contribution in [1.29, 1.82) is 0 Å². The quantitative estimate of drug-likeness (QED) is 0.647. The van der Waals surface area contributed by atoms with Crippen LogP contribution in [-0.2, 0) is 5.41 Å². The molecule has 1 N–H and O–H groups in total. The van der Waals surface area contributed by atoms with Crippen molar-refractivity contribution in [3.8, 4) is 10.6 Å². The number of carbonyl (C=O) groups excluding carboxylic acids is 1. The standard InChI is InChI=1S/C20H22N4OS/c1-12-17(26-18(22-12)20(3,4)5)16-10-11-21-19(24-16)23-15-8-6-14(7-9-15)13(2)25/h6-11H,1-5H3,(H,21,23,24). The molecule has 3 rings (SSSR count). The van der Waals surface area contributed by atoms with Crippen LogP contribution in [0.5, 0.6) is 0 Å². The van der Waals surface area contributed by atoms with E-state index in [-0.39, 0.29) is 11.2 Å². The zero-order valence-corrected chi connectivity index (χ0v) is 16.4. The van der Waals surface area contributed by atoms with Gasteiger partial charge in [0.05, 0.1) is 21.3 Å². The van der Waals surface area contributed by atoms with Gasteiger partial charge in [0.15, 0.2) is 5.78 Å². The second kappa shape index (κ2) is 6.96. The smallest absolute Gasteiger partial charge is 0.227 e. The van der Waals surface area contributed by atoms with E-state index in [1.165, 1.54) is 0 Å². The Bertz CT molecular complexity index is 939. The summed E-state index contributed by atoms with van der Waals surface area (Å²) < 4.78 is 0. The number of anilines is 2. The molecular weight excluding hydrogens is 344 g/mol. The molecule has 0 fully saturated rings. The Labute approximate surface area is 157 Å². The summed E-state index contributed by atoms with van der Waals surface area (Å²) >= 11 is 1.67. The molecule has 0 radical (unpaired) electrons. The molecule has 134 valence electrons. The highest BCUT2D eigenvalue weighted by Crippen LogP contribution is 2.35.